The maximum absolute atomic E-state index is 12.6. The SMILES string of the molecule is CCCCCCCCCCCCCCCC(=O)OC[C@H](COP(=O)(O)OC[C@@H](O)[C@H](O)CO)OC(=O)CCCCCCCCCCCCCCC. The largest absolute Gasteiger partial charge is 0.472 e. The second kappa shape index (κ2) is 35.9. The molecule has 0 rings (SSSR count). The van der Waals surface area contributed by atoms with Crippen LogP contribution in [0.4, 0.5) is 0 Å². The van der Waals surface area contributed by atoms with E-state index in [-0.39, 0.29) is 19.4 Å². The van der Waals surface area contributed by atoms with Crippen molar-refractivity contribution in [2.45, 2.75) is 212 Å². The zero-order valence-electron chi connectivity index (χ0n) is 32.5. The van der Waals surface area contributed by atoms with Gasteiger partial charge in [0, 0.05) is 12.8 Å². The quantitative estimate of drug-likeness (QED) is 0.0268. The van der Waals surface area contributed by atoms with Crippen LogP contribution in [0.1, 0.15) is 194 Å². The number of carbonyl (C=O) groups is 2. The number of hydrogen-bond acceptors (Lipinski definition) is 10. The van der Waals surface area contributed by atoms with Crippen molar-refractivity contribution < 1.29 is 52.9 Å². The second-order valence-electron chi connectivity index (χ2n) is 14.2. The highest BCUT2D eigenvalue weighted by Crippen LogP contribution is 2.43. The van der Waals surface area contributed by atoms with Crippen LogP contribution in [0.5, 0.6) is 0 Å². The molecular weight excluding hydrogens is 675 g/mol. The lowest BCUT2D eigenvalue weighted by atomic mass is 10.0. The molecule has 0 aromatic carbocycles. The van der Waals surface area contributed by atoms with Crippen molar-refractivity contribution in [1.29, 1.82) is 0 Å². The van der Waals surface area contributed by atoms with Gasteiger partial charge in [0.05, 0.1) is 19.8 Å². The fourth-order valence-corrected chi connectivity index (χ4v) is 6.58. The van der Waals surface area contributed by atoms with Crippen LogP contribution in [0.2, 0.25) is 0 Å². The summed E-state index contributed by atoms with van der Waals surface area (Å²) in [6, 6.07) is 0. The first kappa shape index (κ1) is 49.9. The van der Waals surface area contributed by atoms with E-state index in [4.69, 9.17) is 23.6 Å². The fourth-order valence-electron chi connectivity index (χ4n) is 5.81. The smallest absolute Gasteiger partial charge is 0.462 e. The molecule has 0 saturated carbocycles. The lowest BCUT2D eigenvalue weighted by Gasteiger charge is -2.21. The Hall–Kier alpha value is -1.07. The maximum atomic E-state index is 12.6. The van der Waals surface area contributed by atoms with Crippen LogP contribution >= 0.6 is 7.82 Å². The van der Waals surface area contributed by atoms with Crippen LogP contribution in [-0.2, 0) is 32.7 Å². The minimum Gasteiger partial charge on any atom is -0.462 e. The van der Waals surface area contributed by atoms with Gasteiger partial charge >= 0.3 is 19.8 Å². The van der Waals surface area contributed by atoms with E-state index < -0.39 is 57.9 Å². The Bertz CT molecular complexity index is 844. The Kier molecular flexibility index (Phi) is 35.2. The fraction of sp³-hybridized carbons (Fsp3) is 0.949. The third-order valence-corrected chi connectivity index (χ3v) is 10.1. The van der Waals surface area contributed by atoms with Gasteiger partial charge in [0.25, 0.3) is 0 Å². The van der Waals surface area contributed by atoms with E-state index in [1.807, 2.05) is 0 Å². The molecular formula is C39H77O11P. The molecule has 0 amide bonds. The monoisotopic (exact) mass is 753 g/mol. The van der Waals surface area contributed by atoms with Crippen LogP contribution in [0.15, 0.2) is 0 Å². The highest BCUT2D eigenvalue weighted by molar-refractivity contribution is 7.47. The third kappa shape index (κ3) is 34.4. The van der Waals surface area contributed by atoms with Crippen molar-refractivity contribution in [2.75, 3.05) is 26.4 Å². The minimum absolute atomic E-state index is 0.166. The van der Waals surface area contributed by atoms with Gasteiger partial charge in [0.2, 0.25) is 0 Å². The summed E-state index contributed by atoms with van der Waals surface area (Å²) in [5, 5.41) is 28.0. The molecule has 0 aliphatic heterocycles. The predicted octanol–water partition coefficient (Wildman–Crippen LogP) is 9.25. The minimum atomic E-state index is -4.72. The van der Waals surface area contributed by atoms with E-state index >= 15 is 0 Å². The number of aliphatic hydroxyl groups excluding tert-OH is 3. The van der Waals surface area contributed by atoms with Gasteiger partial charge in [-0.25, -0.2) is 4.57 Å². The molecule has 0 aliphatic rings. The van der Waals surface area contributed by atoms with Gasteiger partial charge in [0.15, 0.2) is 6.10 Å². The first-order valence-electron chi connectivity index (χ1n) is 20.6. The van der Waals surface area contributed by atoms with Gasteiger partial charge in [-0.05, 0) is 12.8 Å². The number of unbranched alkanes of at least 4 members (excludes halogenated alkanes) is 24. The first-order chi connectivity index (χ1) is 24.6. The summed E-state index contributed by atoms with van der Waals surface area (Å²) < 4.78 is 32.8. The molecule has 4 atom stereocenters. The van der Waals surface area contributed by atoms with Crippen LogP contribution in [0.25, 0.3) is 0 Å². The average Bonchev–Trinajstić information content (AvgIpc) is 3.11. The van der Waals surface area contributed by atoms with E-state index in [0.717, 1.165) is 38.5 Å². The van der Waals surface area contributed by atoms with Crippen molar-refractivity contribution in [3.63, 3.8) is 0 Å². The Balaban J connectivity index is 4.43. The van der Waals surface area contributed by atoms with Crippen LogP contribution in [-0.4, -0.2) is 76.9 Å². The van der Waals surface area contributed by atoms with Gasteiger partial charge in [-0.3, -0.25) is 18.6 Å². The predicted molar refractivity (Wildman–Crippen MR) is 202 cm³/mol. The molecule has 0 aliphatic carbocycles. The molecule has 304 valence electrons. The summed E-state index contributed by atoms with van der Waals surface area (Å²) >= 11 is 0. The molecule has 0 fully saturated rings. The number of hydrogen-bond donors (Lipinski definition) is 4. The molecule has 0 bridgehead atoms. The zero-order valence-corrected chi connectivity index (χ0v) is 33.3. The van der Waals surface area contributed by atoms with Crippen molar-refractivity contribution in [3.8, 4) is 0 Å². The standard InChI is InChI=1S/C39H77O11P/c1-3-5-7-9-11-13-15-17-19-21-23-25-27-29-38(43)47-32-35(33-48-51(45,46)49-34-37(42)36(41)31-40)50-39(44)30-28-26-24-22-20-18-16-14-12-10-8-6-4-2/h35-37,40-42H,3-34H2,1-2H3,(H,45,46)/t35-,36-,37-/m1/s1. The number of rotatable bonds is 39. The Morgan fingerprint density at radius 3 is 1.25 bits per heavy atom. The highest BCUT2D eigenvalue weighted by atomic mass is 31.2. The van der Waals surface area contributed by atoms with Gasteiger partial charge in [-0.15, -0.1) is 0 Å². The lowest BCUT2D eigenvalue weighted by molar-refractivity contribution is -0.161. The summed E-state index contributed by atoms with van der Waals surface area (Å²) in [4.78, 5) is 35.0. The molecule has 0 aromatic rings. The van der Waals surface area contributed by atoms with Gasteiger partial charge < -0.3 is 29.7 Å². The second-order valence-corrected chi connectivity index (χ2v) is 15.6. The Labute approximate surface area is 310 Å². The molecule has 12 heteroatoms. The Morgan fingerprint density at radius 1 is 0.510 bits per heavy atom. The van der Waals surface area contributed by atoms with Crippen molar-refractivity contribution in [2.24, 2.45) is 0 Å². The maximum Gasteiger partial charge on any atom is 0.472 e. The zero-order chi connectivity index (χ0) is 37.8. The summed E-state index contributed by atoms with van der Waals surface area (Å²) in [5.41, 5.74) is 0. The summed E-state index contributed by atoms with van der Waals surface area (Å²) in [6.45, 7) is 2.02. The van der Waals surface area contributed by atoms with E-state index in [1.54, 1.807) is 0 Å². The molecule has 4 N–H and O–H groups in total. The number of phosphoric acid groups is 1. The normalized spacial score (nSPS) is 14.5. The molecule has 0 aromatic heterocycles. The topological polar surface area (TPSA) is 169 Å². The Morgan fingerprint density at radius 2 is 0.863 bits per heavy atom. The summed E-state index contributed by atoms with van der Waals surface area (Å²) in [7, 11) is -4.72. The van der Waals surface area contributed by atoms with Crippen LogP contribution in [0, 0.1) is 0 Å². The number of ether oxygens (including phenoxy) is 2. The molecule has 0 heterocycles. The van der Waals surface area contributed by atoms with Gasteiger partial charge in [0.1, 0.15) is 18.8 Å². The molecule has 11 nitrogen and oxygen atoms in total. The van der Waals surface area contributed by atoms with Crippen molar-refractivity contribution in [1.82, 2.24) is 0 Å². The molecule has 0 radical (unpaired) electrons. The van der Waals surface area contributed by atoms with Crippen LogP contribution < -0.4 is 0 Å². The van der Waals surface area contributed by atoms with Gasteiger partial charge in [-0.1, -0.05) is 168 Å². The number of esters is 2. The lowest BCUT2D eigenvalue weighted by Crippen LogP contribution is -2.33. The summed E-state index contributed by atoms with van der Waals surface area (Å²) in [6.07, 6.45) is 27.0. The van der Waals surface area contributed by atoms with Gasteiger partial charge in [-0.2, -0.15) is 0 Å². The highest BCUT2D eigenvalue weighted by Gasteiger charge is 2.28. The summed E-state index contributed by atoms with van der Waals surface area (Å²) in [5.74, 6) is -0.963. The van der Waals surface area contributed by atoms with E-state index in [9.17, 15) is 29.3 Å². The van der Waals surface area contributed by atoms with Crippen molar-refractivity contribution in [3.05, 3.63) is 0 Å². The average molecular weight is 753 g/mol. The van der Waals surface area contributed by atoms with E-state index in [0.29, 0.717) is 12.8 Å². The third-order valence-electron chi connectivity index (χ3n) is 9.16. The molecule has 51 heavy (non-hydrogen) atoms. The van der Waals surface area contributed by atoms with Crippen molar-refractivity contribution >= 4 is 19.8 Å². The number of aliphatic hydroxyl groups is 3. The first-order valence-corrected chi connectivity index (χ1v) is 22.1. The number of carbonyl (C=O) groups excluding carboxylic acids is 2. The van der Waals surface area contributed by atoms with E-state index in [2.05, 4.69) is 13.8 Å². The molecule has 0 spiro atoms. The number of phosphoric ester groups is 1. The van der Waals surface area contributed by atoms with E-state index in [1.165, 1.54) is 116 Å². The van der Waals surface area contributed by atoms with Crippen LogP contribution in [0.3, 0.4) is 0 Å². The molecule has 1 unspecified atom stereocenters. The molecule has 0 saturated heterocycles.